The first kappa shape index (κ1) is 26.3. The van der Waals surface area contributed by atoms with Crippen molar-refractivity contribution in [3.05, 3.63) is 64.7 Å². The third-order valence-electron chi connectivity index (χ3n) is 6.99. The van der Waals surface area contributed by atoms with Crippen molar-refractivity contribution in [2.75, 3.05) is 6.54 Å². The monoisotopic (exact) mass is 464 g/mol. The van der Waals surface area contributed by atoms with Crippen LogP contribution in [-0.2, 0) is 22.2 Å². The Kier molecular flexibility index (Phi) is 8.46. The van der Waals surface area contributed by atoms with E-state index >= 15 is 0 Å². The molecule has 0 aromatic heterocycles. The standard InChI is InChI=1S/C30H44N2O2/c1-29(2,3)24-17-23(18-25(27(24)33)30(4,5)6)26(31-19-21-13-9-7-10-14-21)28(34)32-20-22-15-11-8-12-16-22/h8,11-12,15-18,21,26,31,33H,7,9-10,13-14,19-20H2,1-6H3,(H,32,34). The van der Waals surface area contributed by atoms with Crippen molar-refractivity contribution < 1.29 is 9.90 Å². The number of amides is 1. The second-order valence-electron chi connectivity index (χ2n) is 12.0. The van der Waals surface area contributed by atoms with Crippen molar-refractivity contribution in [3.63, 3.8) is 0 Å². The molecule has 0 saturated heterocycles. The summed E-state index contributed by atoms with van der Waals surface area (Å²) in [6.45, 7) is 14.0. The lowest BCUT2D eigenvalue weighted by molar-refractivity contribution is -0.123. The predicted octanol–water partition coefficient (Wildman–Crippen LogP) is 6.51. The normalized spacial score (nSPS) is 16.3. The first-order valence-electron chi connectivity index (χ1n) is 12.9. The number of carbonyl (C=O) groups is 1. The Balaban J connectivity index is 1.95. The van der Waals surface area contributed by atoms with Gasteiger partial charge in [0.2, 0.25) is 5.91 Å². The first-order valence-corrected chi connectivity index (χ1v) is 12.9. The van der Waals surface area contributed by atoms with Crippen LogP contribution in [0.1, 0.15) is 102 Å². The van der Waals surface area contributed by atoms with Gasteiger partial charge in [0.1, 0.15) is 11.8 Å². The second kappa shape index (κ2) is 10.9. The highest BCUT2D eigenvalue weighted by Crippen LogP contribution is 2.41. The smallest absolute Gasteiger partial charge is 0.242 e. The summed E-state index contributed by atoms with van der Waals surface area (Å²) < 4.78 is 0. The molecule has 4 heteroatoms. The predicted molar refractivity (Wildman–Crippen MR) is 141 cm³/mol. The van der Waals surface area contributed by atoms with E-state index in [1.165, 1.54) is 32.1 Å². The van der Waals surface area contributed by atoms with Crippen LogP contribution in [0.25, 0.3) is 0 Å². The van der Waals surface area contributed by atoms with Gasteiger partial charge in [0, 0.05) is 6.54 Å². The van der Waals surface area contributed by atoms with Crippen molar-refractivity contribution >= 4 is 5.91 Å². The largest absolute Gasteiger partial charge is 0.507 e. The minimum Gasteiger partial charge on any atom is -0.507 e. The molecule has 2 aromatic carbocycles. The Morgan fingerprint density at radius 3 is 2.03 bits per heavy atom. The van der Waals surface area contributed by atoms with Crippen LogP contribution >= 0.6 is 0 Å². The highest BCUT2D eigenvalue weighted by atomic mass is 16.3. The van der Waals surface area contributed by atoms with E-state index in [1.54, 1.807) is 0 Å². The SMILES string of the molecule is CC(C)(C)c1cc(C(NCC2CCCCC2)C(=O)NCc2ccccc2)cc(C(C)(C)C)c1O. The van der Waals surface area contributed by atoms with Gasteiger partial charge in [-0.1, -0.05) is 91.1 Å². The molecule has 1 fully saturated rings. The number of benzene rings is 2. The van der Waals surface area contributed by atoms with Crippen LogP contribution in [0.5, 0.6) is 5.75 Å². The topological polar surface area (TPSA) is 61.4 Å². The molecule has 3 N–H and O–H groups in total. The van der Waals surface area contributed by atoms with Gasteiger partial charge in [0.15, 0.2) is 0 Å². The Labute approximate surface area is 206 Å². The highest BCUT2D eigenvalue weighted by molar-refractivity contribution is 5.83. The highest BCUT2D eigenvalue weighted by Gasteiger charge is 2.30. The average Bonchev–Trinajstić information content (AvgIpc) is 2.78. The molecule has 1 amide bonds. The number of nitrogens with one attached hydrogen (secondary N) is 2. The molecule has 0 spiro atoms. The number of carbonyl (C=O) groups excluding carboxylic acids is 1. The number of hydrogen-bond acceptors (Lipinski definition) is 3. The molecule has 1 aliphatic rings. The molecule has 3 rings (SSSR count). The van der Waals surface area contributed by atoms with Crippen molar-refractivity contribution in [1.29, 1.82) is 0 Å². The van der Waals surface area contributed by atoms with Gasteiger partial charge in [-0.15, -0.1) is 0 Å². The van der Waals surface area contributed by atoms with Gasteiger partial charge in [0.25, 0.3) is 0 Å². The zero-order valence-electron chi connectivity index (χ0n) is 22.0. The molecular formula is C30H44N2O2. The molecule has 1 aliphatic carbocycles. The fourth-order valence-corrected chi connectivity index (χ4v) is 4.89. The maximum atomic E-state index is 13.6. The molecule has 1 unspecified atom stereocenters. The lowest BCUT2D eigenvalue weighted by Gasteiger charge is -2.31. The molecule has 186 valence electrons. The van der Waals surface area contributed by atoms with Gasteiger partial charge in [-0.2, -0.15) is 0 Å². The summed E-state index contributed by atoms with van der Waals surface area (Å²) in [4.78, 5) is 13.6. The quantitative estimate of drug-likeness (QED) is 0.437. The van der Waals surface area contributed by atoms with Crippen molar-refractivity contribution in [1.82, 2.24) is 10.6 Å². The van der Waals surface area contributed by atoms with Crippen molar-refractivity contribution in [2.45, 2.75) is 97.1 Å². The van der Waals surface area contributed by atoms with Crippen LogP contribution in [0.2, 0.25) is 0 Å². The minimum absolute atomic E-state index is 0.0231. The van der Waals surface area contributed by atoms with Crippen LogP contribution in [-0.4, -0.2) is 17.6 Å². The van der Waals surface area contributed by atoms with E-state index in [9.17, 15) is 9.90 Å². The molecule has 34 heavy (non-hydrogen) atoms. The van der Waals surface area contributed by atoms with E-state index in [1.807, 2.05) is 42.5 Å². The average molecular weight is 465 g/mol. The number of phenols is 1. The van der Waals surface area contributed by atoms with Gasteiger partial charge in [0.05, 0.1) is 0 Å². The van der Waals surface area contributed by atoms with Crippen LogP contribution < -0.4 is 10.6 Å². The summed E-state index contributed by atoms with van der Waals surface area (Å²) in [5.41, 5.74) is 3.29. The number of rotatable bonds is 7. The molecule has 0 aliphatic heterocycles. The first-order chi connectivity index (χ1) is 16.0. The van der Waals surface area contributed by atoms with Crippen LogP contribution in [0.3, 0.4) is 0 Å². The van der Waals surface area contributed by atoms with Gasteiger partial charge in [-0.3, -0.25) is 4.79 Å². The lowest BCUT2D eigenvalue weighted by Crippen LogP contribution is -2.40. The number of hydrogen-bond donors (Lipinski definition) is 3. The summed E-state index contributed by atoms with van der Waals surface area (Å²) in [5.74, 6) is 0.934. The molecule has 1 atom stereocenters. The Hall–Kier alpha value is -2.33. The van der Waals surface area contributed by atoms with E-state index in [2.05, 4.69) is 52.2 Å². The zero-order valence-corrected chi connectivity index (χ0v) is 22.0. The minimum atomic E-state index is -0.464. The van der Waals surface area contributed by atoms with Gasteiger partial charge >= 0.3 is 0 Å². The van der Waals surface area contributed by atoms with Crippen LogP contribution in [0.4, 0.5) is 0 Å². The van der Waals surface area contributed by atoms with E-state index in [0.717, 1.165) is 28.8 Å². The van der Waals surface area contributed by atoms with E-state index < -0.39 is 6.04 Å². The molecule has 1 saturated carbocycles. The fraction of sp³-hybridized carbons (Fsp3) is 0.567. The Morgan fingerprint density at radius 1 is 0.941 bits per heavy atom. The fourth-order valence-electron chi connectivity index (χ4n) is 4.89. The lowest BCUT2D eigenvalue weighted by atomic mass is 9.77. The molecule has 0 radical (unpaired) electrons. The van der Waals surface area contributed by atoms with Crippen LogP contribution in [0, 0.1) is 5.92 Å². The van der Waals surface area contributed by atoms with E-state index in [0.29, 0.717) is 18.2 Å². The molecule has 4 nitrogen and oxygen atoms in total. The van der Waals surface area contributed by atoms with E-state index in [-0.39, 0.29) is 16.7 Å². The summed E-state index contributed by atoms with van der Waals surface area (Å²) in [7, 11) is 0. The Bertz CT molecular complexity index is 913. The van der Waals surface area contributed by atoms with Gasteiger partial charge < -0.3 is 15.7 Å². The number of aromatic hydroxyl groups is 1. The third-order valence-corrected chi connectivity index (χ3v) is 6.99. The van der Waals surface area contributed by atoms with Crippen LogP contribution in [0.15, 0.2) is 42.5 Å². The second-order valence-corrected chi connectivity index (χ2v) is 12.0. The summed E-state index contributed by atoms with van der Waals surface area (Å²) in [6.07, 6.45) is 6.32. The third kappa shape index (κ3) is 6.85. The number of phenolic OH excluding ortho intramolecular Hbond substituents is 1. The maximum Gasteiger partial charge on any atom is 0.242 e. The summed E-state index contributed by atoms with van der Waals surface area (Å²) in [5, 5.41) is 17.9. The zero-order chi connectivity index (χ0) is 24.9. The summed E-state index contributed by atoms with van der Waals surface area (Å²) >= 11 is 0. The van der Waals surface area contributed by atoms with Crippen molar-refractivity contribution in [3.8, 4) is 5.75 Å². The molecule has 0 bridgehead atoms. The van der Waals surface area contributed by atoms with Gasteiger partial charge in [-0.05, 0) is 70.5 Å². The molecule has 0 heterocycles. The Morgan fingerprint density at radius 2 is 1.50 bits per heavy atom. The molecular weight excluding hydrogens is 420 g/mol. The molecule has 2 aromatic rings. The van der Waals surface area contributed by atoms with Gasteiger partial charge in [-0.25, -0.2) is 0 Å². The summed E-state index contributed by atoms with van der Waals surface area (Å²) in [6, 6.07) is 13.6. The maximum absolute atomic E-state index is 13.6. The van der Waals surface area contributed by atoms with E-state index in [4.69, 9.17) is 0 Å². The van der Waals surface area contributed by atoms with Crippen molar-refractivity contribution in [2.24, 2.45) is 5.92 Å².